The molecule has 1 heterocycles. The van der Waals surface area contributed by atoms with Crippen molar-refractivity contribution in [3.63, 3.8) is 0 Å². The van der Waals surface area contributed by atoms with Crippen LogP contribution in [0.2, 0.25) is 0 Å². The van der Waals surface area contributed by atoms with Crippen molar-refractivity contribution in [3.05, 3.63) is 191 Å². The summed E-state index contributed by atoms with van der Waals surface area (Å²) >= 11 is 0. The van der Waals surface area contributed by atoms with Gasteiger partial charge in [-0.25, -0.2) is 4.58 Å². The summed E-state index contributed by atoms with van der Waals surface area (Å²) in [7, 11) is 1.84. The van der Waals surface area contributed by atoms with Crippen LogP contribution in [0.3, 0.4) is 0 Å². The fourth-order valence-corrected chi connectivity index (χ4v) is 7.60. The molecule has 2 aliphatic rings. The first-order chi connectivity index (χ1) is 25.9. The molecule has 0 radical (unpaired) electrons. The van der Waals surface area contributed by atoms with Gasteiger partial charge in [0.2, 0.25) is 5.84 Å². The lowest BCUT2D eigenvalue weighted by Crippen LogP contribution is -2.41. The number of amidine groups is 2. The zero-order chi connectivity index (χ0) is 38.5. The summed E-state index contributed by atoms with van der Waals surface area (Å²) in [4.78, 5) is 10.1. The molecule has 2 unspecified atom stereocenters. The van der Waals surface area contributed by atoms with E-state index in [1.54, 1.807) is 0 Å². The fraction of sp³-hybridized carbons (Fsp3) is 0.275. The molecule has 5 aromatic carbocycles. The summed E-state index contributed by atoms with van der Waals surface area (Å²) in [5.41, 5.74) is 10.7. The molecule has 2 atom stereocenters. The molecule has 3 nitrogen and oxygen atoms in total. The normalized spacial score (nSPS) is 18.1. The van der Waals surface area contributed by atoms with Crippen molar-refractivity contribution in [1.82, 2.24) is 0 Å². The smallest absolute Gasteiger partial charge is 0.251 e. The summed E-state index contributed by atoms with van der Waals surface area (Å²) < 4.78 is 2.36. The molecule has 1 aliphatic carbocycles. The van der Waals surface area contributed by atoms with Crippen molar-refractivity contribution < 1.29 is 4.58 Å². The molecule has 0 saturated heterocycles. The number of nitrogens with zero attached hydrogens (tertiary/aromatic N) is 3. The second-order valence-electron chi connectivity index (χ2n) is 16.5. The molecule has 4 bridgehead atoms. The van der Waals surface area contributed by atoms with Crippen LogP contribution in [0.15, 0.2) is 162 Å². The molecule has 7 rings (SSSR count). The van der Waals surface area contributed by atoms with Crippen LogP contribution in [0.4, 0.5) is 0 Å². The monoisotopic (exact) mass is 710 g/mol. The van der Waals surface area contributed by atoms with E-state index in [0.717, 1.165) is 29.2 Å². The van der Waals surface area contributed by atoms with Crippen LogP contribution in [0.1, 0.15) is 101 Å². The van der Waals surface area contributed by atoms with E-state index in [4.69, 9.17) is 9.98 Å². The van der Waals surface area contributed by atoms with Gasteiger partial charge in [0, 0.05) is 12.6 Å². The van der Waals surface area contributed by atoms with Crippen molar-refractivity contribution in [2.45, 2.75) is 72.8 Å². The number of rotatable bonds is 6. The number of hydrogen-bond donors (Lipinski definition) is 0. The summed E-state index contributed by atoms with van der Waals surface area (Å²) in [5.74, 6) is 1.67. The van der Waals surface area contributed by atoms with Crippen LogP contribution in [-0.4, -0.2) is 29.5 Å². The van der Waals surface area contributed by atoms with Gasteiger partial charge in [-0.2, -0.15) is 0 Å². The Labute approximate surface area is 324 Å². The Bertz CT molecular complexity index is 2240. The fourth-order valence-electron chi connectivity index (χ4n) is 7.60. The Morgan fingerprint density at radius 2 is 1.31 bits per heavy atom. The van der Waals surface area contributed by atoms with Gasteiger partial charge in [0.05, 0.1) is 23.1 Å². The summed E-state index contributed by atoms with van der Waals surface area (Å²) in [6, 6.07) is 46.7. The predicted molar refractivity (Wildman–Crippen MR) is 231 cm³/mol. The molecular weight excluding hydrogens is 655 g/mol. The van der Waals surface area contributed by atoms with Gasteiger partial charge in [-0.3, -0.25) is 4.99 Å². The van der Waals surface area contributed by atoms with Crippen molar-refractivity contribution in [2.75, 3.05) is 7.05 Å². The minimum absolute atomic E-state index is 0.0300. The van der Waals surface area contributed by atoms with E-state index in [-0.39, 0.29) is 5.92 Å². The van der Waals surface area contributed by atoms with Crippen LogP contribution in [0.25, 0.3) is 11.1 Å². The van der Waals surface area contributed by atoms with E-state index in [0.29, 0.717) is 5.41 Å². The van der Waals surface area contributed by atoms with Gasteiger partial charge in [-0.15, -0.1) is 0 Å². The molecule has 0 fully saturated rings. The highest BCUT2D eigenvalue weighted by atomic mass is 15.2. The van der Waals surface area contributed by atoms with Crippen LogP contribution in [-0.2, 0) is 11.0 Å². The van der Waals surface area contributed by atoms with E-state index < -0.39 is 11.0 Å². The standard InChI is InChI=1S/C46H44N3.C5H12/c1-6-7-8-11-19-33(2)43(47-5)48-44(35-20-12-9-13-21-35)49-32-34-28-29-40-39-26-16-17-27-41(39)46(42(40)30-34,36-22-14-10-15-23-36)38-25-18-24-37(31-38)45(49,3)4;1-5(2,3)4/h7-33H,6H2,1-5H3;1-4H3/q+1;/b8-7-,19-11-,47-43?,48-44?,49-32?;. The quantitative estimate of drug-likeness (QED) is 0.0712. The Kier molecular flexibility index (Phi) is 11.3. The maximum Gasteiger partial charge on any atom is 0.333 e. The lowest BCUT2D eigenvalue weighted by Gasteiger charge is -2.36. The molecule has 1 aliphatic heterocycles. The second kappa shape index (κ2) is 15.9. The number of benzene rings is 5. The van der Waals surface area contributed by atoms with E-state index in [1.165, 1.54) is 38.9 Å². The average Bonchev–Trinajstić information content (AvgIpc) is 3.46. The average molecular weight is 711 g/mol. The Hall–Kier alpha value is -5.41. The maximum atomic E-state index is 5.41. The van der Waals surface area contributed by atoms with Gasteiger partial charge in [0.25, 0.3) is 0 Å². The van der Waals surface area contributed by atoms with E-state index in [1.807, 2.05) is 7.05 Å². The highest BCUT2D eigenvalue weighted by Gasteiger charge is 2.47. The summed E-state index contributed by atoms with van der Waals surface area (Å²) in [5, 5.41) is 0. The molecule has 0 saturated carbocycles. The number of aliphatic imine (C=N–C) groups is 2. The Morgan fingerprint density at radius 1 is 0.704 bits per heavy atom. The van der Waals surface area contributed by atoms with Crippen molar-refractivity contribution in [1.29, 1.82) is 0 Å². The Morgan fingerprint density at radius 3 is 2.00 bits per heavy atom. The zero-order valence-electron chi connectivity index (χ0n) is 33.6. The Balaban J connectivity index is 0.000000934. The molecule has 3 heteroatoms. The number of hydrogen-bond acceptors (Lipinski definition) is 1. The topological polar surface area (TPSA) is 27.7 Å². The number of fused-ring (bicyclic) bond motifs is 7. The van der Waals surface area contributed by atoms with Crippen LogP contribution in [0.5, 0.6) is 0 Å². The molecule has 274 valence electrons. The molecule has 0 N–H and O–H groups in total. The summed E-state index contributed by atoms with van der Waals surface area (Å²) in [6.07, 6.45) is 11.8. The SMILES string of the molecule is CC(C)(C)C.CC/C=C\C=C/C(C)C(=NC)N=C(c1ccccc1)[N+]1=Cc2ccc3c(c2)C(c2ccccc2)(c2cccc(c2)C1(C)C)c1ccccc1-3. The lowest BCUT2D eigenvalue weighted by atomic mass is 9.66. The molecule has 0 amide bonds. The minimum atomic E-state index is -0.487. The molecule has 5 aromatic rings. The van der Waals surface area contributed by atoms with E-state index in [2.05, 4.69) is 218 Å². The van der Waals surface area contributed by atoms with Crippen molar-refractivity contribution >= 4 is 17.9 Å². The second-order valence-corrected chi connectivity index (χ2v) is 16.5. The third-order valence-electron chi connectivity index (χ3n) is 10.2. The largest absolute Gasteiger partial charge is 0.333 e. The first-order valence-corrected chi connectivity index (χ1v) is 19.4. The third kappa shape index (κ3) is 7.64. The van der Waals surface area contributed by atoms with Crippen LogP contribution in [0, 0.1) is 11.3 Å². The van der Waals surface area contributed by atoms with Crippen molar-refractivity contribution in [2.24, 2.45) is 21.3 Å². The van der Waals surface area contributed by atoms with Gasteiger partial charge >= 0.3 is 5.84 Å². The van der Waals surface area contributed by atoms with Crippen LogP contribution < -0.4 is 0 Å². The zero-order valence-corrected chi connectivity index (χ0v) is 33.6. The van der Waals surface area contributed by atoms with Crippen LogP contribution >= 0.6 is 0 Å². The molecule has 54 heavy (non-hydrogen) atoms. The van der Waals surface area contributed by atoms with Gasteiger partial charge in [0.1, 0.15) is 5.54 Å². The van der Waals surface area contributed by atoms with Gasteiger partial charge in [-0.1, -0.05) is 162 Å². The van der Waals surface area contributed by atoms with Gasteiger partial charge < -0.3 is 0 Å². The highest BCUT2D eigenvalue weighted by Crippen LogP contribution is 2.56. The van der Waals surface area contributed by atoms with Gasteiger partial charge in [-0.05, 0) is 101 Å². The predicted octanol–water partition coefficient (Wildman–Crippen LogP) is 12.4. The minimum Gasteiger partial charge on any atom is -0.251 e. The molecular formula is C51H56N3+. The van der Waals surface area contributed by atoms with Gasteiger partial charge in [0.15, 0.2) is 0 Å². The maximum absolute atomic E-state index is 5.41. The highest BCUT2D eigenvalue weighted by molar-refractivity contribution is 6.05. The third-order valence-corrected chi connectivity index (χ3v) is 10.2. The molecule has 0 spiro atoms. The summed E-state index contributed by atoms with van der Waals surface area (Å²) in [6.45, 7) is 17.7. The first kappa shape index (κ1) is 38.3. The lowest BCUT2D eigenvalue weighted by molar-refractivity contribution is -0.500. The van der Waals surface area contributed by atoms with Crippen molar-refractivity contribution in [3.8, 4) is 11.1 Å². The first-order valence-electron chi connectivity index (χ1n) is 19.4. The van der Waals surface area contributed by atoms with E-state index >= 15 is 0 Å². The molecule has 0 aromatic heterocycles. The number of allylic oxidation sites excluding steroid dienone is 3. The van der Waals surface area contributed by atoms with E-state index in [9.17, 15) is 0 Å².